The quantitative estimate of drug-likeness (QED) is 0.735. The number of fused-ring (bicyclic) bond motifs is 1. The molecule has 0 saturated carbocycles. The van der Waals surface area contributed by atoms with E-state index in [1.165, 1.54) is 4.90 Å². The van der Waals surface area contributed by atoms with Gasteiger partial charge in [-0.1, -0.05) is 5.16 Å². The summed E-state index contributed by atoms with van der Waals surface area (Å²) in [4.78, 5) is 17.7. The Morgan fingerprint density at radius 1 is 1.32 bits per heavy atom. The molecule has 0 radical (unpaired) electrons. The molecule has 1 aliphatic rings. The van der Waals surface area contributed by atoms with Gasteiger partial charge < -0.3 is 9.42 Å². The molecule has 2 aromatic rings. The summed E-state index contributed by atoms with van der Waals surface area (Å²) in [7, 11) is -3.01. The molecule has 19 heavy (non-hydrogen) atoms. The van der Waals surface area contributed by atoms with Crippen LogP contribution in [-0.4, -0.2) is 54.0 Å². The lowest BCUT2D eigenvalue weighted by Crippen LogP contribution is -2.43. The molecule has 0 aromatic carbocycles. The minimum atomic E-state index is -3.01. The Hall–Kier alpha value is -1.96. The molecule has 3 rings (SSSR count). The Morgan fingerprint density at radius 3 is 2.79 bits per heavy atom. The number of nitrogens with zero attached hydrogens (tertiary/aromatic N) is 3. The van der Waals surface area contributed by atoms with Gasteiger partial charge in [-0.3, -0.25) is 4.79 Å². The lowest BCUT2D eigenvalue weighted by Gasteiger charge is -2.25. The lowest BCUT2D eigenvalue weighted by atomic mass is 10.2. The summed E-state index contributed by atoms with van der Waals surface area (Å²) in [6, 6.07) is 3.39. The minimum Gasteiger partial charge on any atom is -0.348 e. The van der Waals surface area contributed by atoms with Crippen LogP contribution in [-0.2, 0) is 9.84 Å². The predicted molar refractivity (Wildman–Crippen MR) is 66.4 cm³/mol. The maximum absolute atomic E-state index is 12.3. The monoisotopic (exact) mass is 281 g/mol. The van der Waals surface area contributed by atoms with Gasteiger partial charge in [-0.05, 0) is 12.1 Å². The molecule has 0 spiro atoms. The van der Waals surface area contributed by atoms with E-state index in [4.69, 9.17) is 4.52 Å². The van der Waals surface area contributed by atoms with Crippen molar-refractivity contribution in [1.29, 1.82) is 0 Å². The number of sulfone groups is 1. The number of hydrogen-bond acceptors (Lipinski definition) is 6. The van der Waals surface area contributed by atoms with Gasteiger partial charge in [0.25, 0.3) is 5.91 Å². The SMILES string of the molecule is O=C(c1onc2ncccc12)N1CCS(=O)(=O)CC1. The zero-order valence-electron chi connectivity index (χ0n) is 9.94. The molecule has 100 valence electrons. The third-order valence-electron chi connectivity index (χ3n) is 3.08. The van der Waals surface area contributed by atoms with Crippen LogP contribution in [0.1, 0.15) is 10.6 Å². The van der Waals surface area contributed by atoms with Crippen molar-refractivity contribution in [3.8, 4) is 0 Å². The molecule has 2 aromatic heterocycles. The highest BCUT2D eigenvalue weighted by molar-refractivity contribution is 7.91. The molecule has 0 atom stereocenters. The zero-order chi connectivity index (χ0) is 13.5. The number of aromatic nitrogens is 2. The number of amides is 1. The maximum atomic E-state index is 12.3. The van der Waals surface area contributed by atoms with Crippen molar-refractivity contribution < 1.29 is 17.7 Å². The highest BCUT2D eigenvalue weighted by atomic mass is 32.2. The first-order valence-corrected chi connectivity index (χ1v) is 7.59. The second-order valence-corrected chi connectivity index (χ2v) is 6.63. The third-order valence-corrected chi connectivity index (χ3v) is 4.69. The molecule has 0 aliphatic carbocycles. The van der Waals surface area contributed by atoms with Gasteiger partial charge in [-0.25, -0.2) is 13.4 Å². The maximum Gasteiger partial charge on any atom is 0.293 e. The second-order valence-electron chi connectivity index (χ2n) is 4.33. The van der Waals surface area contributed by atoms with E-state index in [1.807, 2.05) is 0 Å². The Labute approximate surface area is 109 Å². The summed E-state index contributed by atoms with van der Waals surface area (Å²) >= 11 is 0. The predicted octanol–water partition coefficient (Wildman–Crippen LogP) is 0.0934. The average Bonchev–Trinajstić information content (AvgIpc) is 2.82. The van der Waals surface area contributed by atoms with E-state index in [2.05, 4.69) is 10.1 Å². The topological polar surface area (TPSA) is 93.4 Å². The molecular weight excluding hydrogens is 270 g/mol. The normalized spacial score (nSPS) is 18.6. The summed E-state index contributed by atoms with van der Waals surface area (Å²) in [6.07, 6.45) is 1.56. The van der Waals surface area contributed by atoms with Crippen LogP contribution >= 0.6 is 0 Å². The van der Waals surface area contributed by atoms with Crippen LogP contribution in [0, 0.1) is 0 Å². The molecule has 1 amide bonds. The first kappa shape index (κ1) is 12.1. The van der Waals surface area contributed by atoms with Gasteiger partial charge in [-0.2, -0.15) is 0 Å². The van der Waals surface area contributed by atoms with Crippen molar-refractivity contribution in [1.82, 2.24) is 15.0 Å². The Morgan fingerprint density at radius 2 is 2.05 bits per heavy atom. The number of rotatable bonds is 1. The lowest BCUT2D eigenvalue weighted by molar-refractivity contribution is 0.0731. The van der Waals surface area contributed by atoms with Crippen LogP contribution in [0.5, 0.6) is 0 Å². The van der Waals surface area contributed by atoms with Crippen LogP contribution in [0.2, 0.25) is 0 Å². The van der Waals surface area contributed by atoms with E-state index in [1.54, 1.807) is 18.3 Å². The number of carbonyl (C=O) groups excluding carboxylic acids is 1. The Bertz CT molecular complexity index is 723. The standard InChI is InChI=1S/C11H11N3O4S/c15-11(14-4-6-19(16,17)7-5-14)9-8-2-1-3-12-10(8)13-18-9/h1-3H,4-7H2. The van der Waals surface area contributed by atoms with Crippen molar-refractivity contribution in [3.63, 3.8) is 0 Å². The fourth-order valence-electron chi connectivity index (χ4n) is 2.00. The molecule has 1 fully saturated rings. The minimum absolute atomic E-state index is 0.0109. The van der Waals surface area contributed by atoms with E-state index in [0.29, 0.717) is 11.0 Å². The van der Waals surface area contributed by atoms with Gasteiger partial charge in [0.1, 0.15) is 0 Å². The smallest absolute Gasteiger partial charge is 0.293 e. The molecule has 8 heteroatoms. The molecule has 7 nitrogen and oxygen atoms in total. The van der Waals surface area contributed by atoms with Crippen LogP contribution in [0.3, 0.4) is 0 Å². The fourth-order valence-corrected chi connectivity index (χ4v) is 3.20. The summed E-state index contributed by atoms with van der Waals surface area (Å²) in [5.74, 6) is -0.251. The van der Waals surface area contributed by atoms with Crippen molar-refractivity contribution >= 4 is 26.8 Å². The van der Waals surface area contributed by atoms with Crippen LogP contribution < -0.4 is 0 Å². The molecule has 0 unspecified atom stereocenters. The van der Waals surface area contributed by atoms with Gasteiger partial charge in [0.15, 0.2) is 9.84 Å². The molecule has 1 saturated heterocycles. The first-order chi connectivity index (χ1) is 9.07. The Balaban J connectivity index is 1.89. The summed E-state index contributed by atoms with van der Waals surface area (Å²) in [5.41, 5.74) is 0.371. The highest BCUT2D eigenvalue weighted by Gasteiger charge is 2.29. The van der Waals surface area contributed by atoms with Gasteiger partial charge >= 0.3 is 0 Å². The third kappa shape index (κ3) is 2.19. The summed E-state index contributed by atoms with van der Waals surface area (Å²) in [5, 5.41) is 4.25. The highest BCUT2D eigenvalue weighted by Crippen LogP contribution is 2.18. The van der Waals surface area contributed by atoms with Gasteiger partial charge in [-0.15, -0.1) is 0 Å². The van der Waals surface area contributed by atoms with E-state index in [0.717, 1.165) is 0 Å². The fraction of sp³-hybridized carbons (Fsp3) is 0.364. The number of carbonyl (C=O) groups is 1. The van der Waals surface area contributed by atoms with Crippen LogP contribution in [0.4, 0.5) is 0 Å². The number of pyridine rings is 1. The first-order valence-electron chi connectivity index (χ1n) is 5.77. The van der Waals surface area contributed by atoms with Crippen molar-refractivity contribution in [2.45, 2.75) is 0 Å². The second kappa shape index (κ2) is 4.30. The van der Waals surface area contributed by atoms with Crippen LogP contribution in [0.15, 0.2) is 22.9 Å². The van der Waals surface area contributed by atoms with Gasteiger partial charge in [0.05, 0.1) is 16.9 Å². The van der Waals surface area contributed by atoms with E-state index in [-0.39, 0.29) is 36.3 Å². The molecule has 0 bridgehead atoms. The molecule has 1 aliphatic heterocycles. The van der Waals surface area contributed by atoms with E-state index in [9.17, 15) is 13.2 Å². The Kier molecular flexibility index (Phi) is 2.74. The van der Waals surface area contributed by atoms with E-state index < -0.39 is 9.84 Å². The summed E-state index contributed by atoms with van der Waals surface area (Å²) in [6.45, 7) is 0.368. The number of hydrogen-bond donors (Lipinski definition) is 0. The summed E-state index contributed by atoms with van der Waals surface area (Å²) < 4.78 is 27.7. The van der Waals surface area contributed by atoms with Gasteiger partial charge in [0, 0.05) is 19.3 Å². The van der Waals surface area contributed by atoms with E-state index >= 15 is 0 Å². The van der Waals surface area contributed by atoms with Crippen molar-refractivity contribution in [2.75, 3.05) is 24.6 Å². The molecule has 3 heterocycles. The van der Waals surface area contributed by atoms with Crippen molar-refractivity contribution in [3.05, 3.63) is 24.1 Å². The van der Waals surface area contributed by atoms with Crippen LogP contribution in [0.25, 0.3) is 11.0 Å². The largest absolute Gasteiger partial charge is 0.348 e. The molecular formula is C11H11N3O4S. The zero-order valence-corrected chi connectivity index (χ0v) is 10.8. The molecule has 0 N–H and O–H groups in total. The average molecular weight is 281 g/mol. The van der Waals surface area contributed by atoms with Gasteiger partial charge in [0.2, 0.25) is 11.4 Å². The van der Waals surface area contributed by atoms with Crippen molar-refractivity contribution in [2.24, 2.45) is 0 Å².